The number of hydrogen-bond donors (Lipinski definition) is 4. The fraction of sp³-hybridized carbons (Fsp3) is 0.120. The van der Waals surface area contributed by atoms with E-state index in [4.69, 9.17) is 13.9 Å². The van der Waals surface area contributed by atoms with Gasteiger partial charge in [0.15, 0.2) is 28.4 Å². The molecular weight excluding hydrogens is 444 g/mol. The number of benzene rings is 3. The third-order valence-electron chi connectivity index (χ3n) is 5.79. The van der Waals surface area contributed by atoms with Crippen molar-refractivity contribution in [3.63, 3.8) is 0 Å². The first kappa shape index (κ1) is 21.2. The average Bonchev–Trinajstić information content (AvgIpc) is 2.80. The van der Waals surface area contributed by atoms with Crippen molar-refractivity contribution in [2.75, 3.05) is 7.11 Å². The largest absolute Gasteiger partial charge is 0.507 e. The minimum Gasteiger partial charge on any atom is -0.507 e. The van der Waals surface area contributed by atoms with Gasteiger partial charge in [-0.05, 0) is 35.9 Å². The average molecular weight is 462 g/mol. The molecule has 0 spiro atoms. The van der Waals surface area contributed by atoms with E-state index in [1.54, 1.807) is 12.1 Å². The zero-order valence-corrected chi connectivity index (χ0v) is 17.7. The highest BCUT2D eigenvalue weighted by Crippen LogP contribution is 2.47. The van der Waals surface area contributed by atoms with Gasteiger partial charge in [-0.2, -0.15) is 0 Å². The Morgan fingerprint density at radius 3 is 2.38 bits per heavy atom. The predicted octanol–water partition coefficient (Wildman–Crippen LogP) is 3.73. The quantitative estimate of drug-likeness (QED) is 0.203. The maximum atomic E-state index is 13.0. The number of esters is 1. The van der Waals surface area contributed by atoms with Gasteiger partial charge in [0.25, 0.3) is 0 Å². The molecule has 0 saturated heterocycles. The smallest absolute Gasteiger partial charge is 0.312 e. The van der Waals surface area contributed by atoms with Crippen molar-refractivity contribution < 1.29 is 39.1 Å². The summed E-state index contributed by atoms with van der Waals surface area (Å²) in [7, 11) is 1.40. The summed E-state index contributed by atoms with van der Waals surface area (Å²) in [5.74, 6) is -2.13. The van der Waals surface area contributed by atoms with Gasteiger partial charge in [-0.3, -0.25) is 9.59 Å². The van der Waals surface area contributed by atoms with Crippen LogP contribution in [0, 0.1) is 0 Å². The third-order valence-corrected chi connectivity index (χ3v) is 5.79. The molecular formula is C25H18O9. The number of phenols is 4. The van der Waals surface area contributed by atoms with Crippen LogP contribution in [-0.4, -0.2) is 33.5 Å². The lowest BCUT2D eigenvalue weighted by atomic mass is 9.85. The van der Waals surface area contributed by atoms with Crippen LogP contribution < -0.4 is 14.9 Å². The second-order valence-electron chi connectivity index (χ2n) is 7.85. The fourth-order valence-corrected chi connectivity index (χ4v) is 4.17. The molecule has 4 aromatic rings. The Bertz CT molecular complexity index is 1530. The maximum Gasteiger partial charge on any atom is 0.312 e. The summed E-state index contributed by atoms with van der Waals surface area (Å²) >= 11 is 0. The highest BCUT2D eigenvalue weighted by atomic mass is 16.5. The number of rotatable bonds is 3. The number of carbonyl (C=O) groups is 1. The van der Waals surface area contributed by atoms with E-state index < -0.39 is 28.8 Å². The van der Waals surface area contributed by atoms with E-state index in [2.05, 4.69) is 0 Å². The van der Waals surface area contributed by atoms with Gasteiger partial charge < -0.3 is 34.3 Å². The Labute approximate surface area is 191 Å². The van der Waals surface area contributed by atoms with Crippen molar-refractivity contribution in [3.05, 3.63) is 69.9 Å². The van der Waals surface area contributed by atoms with Gasteiger partial charge in [-0.25, -0.2) is 0 Å². The van der Waals surface area contributed by atoms with Crippen molar-refractivity contribution in [1.29, 1.82) is 0 Å². The first-order valence-electron chi connectivity index (χ1n) is 10.2. The number of carbonyl (C=O) groups excluding carboxylic acids is 1. The van der Waals surface area contributed by atoms with E-state index in [1.165, 1.54) is 37.4 Å². The summed E-state index contributed by atoms with van der Waals surface area (Å²) in [5, 5.41) is 39.9. The number of ether oxygens (including phenoxy) is 2. The van der Waals surface area contributed by atoms with Crippen molar-refractivity contribution in [3.8, 4) is 45.8 Å². The van der Waals surface area contributed by atoms with Crippen LogP contribution in [0.1, 0.15) is 23.5 Å². The molecule has 0 saturated carbocycles. The summed E-state index contributed by atoms with van der Waals surface area (Å²) < 4.78 is 16.6. The molecule has 1 aliphatic rings. The van der Waals surface area contributed by atoms with Crippen LogP contribution in [0.2, 0.25) is 0 Å². The first-order valence-corrected chi connectivity index (χ1v) is 10.2. The lowest BCUT2D eigenvalue weighted by Crippen LogP contribution is -2.22. The molecule has 4 N–H and O–H groups in total. The molecule has 9 heteroatoms. The summed E-state index contributed by atoms with van der Waals surface area (Å²) in [6.07, 6.45) is -0.0886. The predicted molar refractivity (Wildman–Crippen MR) is 120 cm³/mol. The van der Waals surface area contributed by atoms with Crippen molar-refractivity contribution in [2.24, 2.45) is 0 Å². The molecule has 3 aromatic carbocycles. The Morgan fingerprint density at radius 2 is 1.65 bits per heavy atom. The van der Waals surface area contributed by atoms with Crippen LogP contribution in [0.15, 0.2) is 57.7 Å². The topological polar surface area (TPSA) is 147 Å². The van der Waals surface area contributed by atoms with Crippen molar-refractivity contribution >= 4 is 16.9 Å². The van der Waals surface area contributed by atoms with Crippen LogP contribution in [0.4, 0.5) is 0 Å². The zero-order valence-electron chi connectivity index (χ0n) is 17.7. The van der Waals surface area contributed by atoms with E-state index in [0.29, 0.717) is 16.7 Å². The normalized spacial score (nSPS) is 15.1. The summed E-state index contributed by atoms with van der Waals surface area (Å²) in [6.45, 7) is 0. The van der Waals surface area contributed by atoms with Crippen LogP contribution >= 0.6 is 0 Å². The lowest BCUT2D eigenvalue weighted by molar-refractivity contribution is -0.135. The minimum atomic E-state index is -0.638. The van der Waals surface area contributed by atoms with Gasteiger partial charge in [0.2, 0.25) is 0 Å². The summed E-state index contributed by atoms with van der Waals surface area (Å²) in [4.78, 5) is 25.4. The van der Waals surface area contributed by atoms with Crippen LogP contribution in [0.5, 0.6) is 34.5 Å². The van der Waals surface area contributed by atoms with E-state index >= 15 is 0 Å². The summed E-state index contributed by atoms with van der Waals surface area (Å²) in [6, 6.07) is 10.9. The molecule has 9 nitrogen and oxygen atoms in total. The van der Waals surface area contributed by atoms with Crippen molar-refractivity contribution in [1.82, 2.24) is 0 Å². The number of hydrogen-bond acceptors (Lipinski definition) is 9. The van der Waals surface area contributed by atoms with E-state index in [-0.39, 0.29) is 46.1 Å². The van der Waals surface area contributed by atoms with Gasteiger partial charge in [-0.15, -0.1) is 0 Å². The summed E-state index contributed by atoms with van der Waals surface area (Å²) in [5.41, 5.74) is 0.719. The van der Waals surface area contributed by atoms with Crippen LogP contribution in [0.25, 0.3) is 22.3 Å². The van der Waals surface area contributed by atoms with E-state index in [9.17, 15) is 30.0 Å². The monoisotopic (exact) mass is 462 g/mol. The Hall–Kier alpha value is -4.66. The molecule has 0 fully saturated rings. The van der Waals surface area contributed by atoms with Crippen molar-refractivity contribution in [2.45, 2.75) is 12.3 Å². The molecule has 1 aromatic heterocycles. The zero-order chi connectivity index (χ0) is 24.1. The van der Waals surface area contributed by atoms with Gasteiger partial charge >= 0.3 is 5.97 Å². The number of phenolic OH excluding ortho intramolecular Hbond substituents is 4. The molecule has 0 amide bonds. The SMILES string of the molecule is COc1cc(C2CC(=O)Oc3cc(O)c4c(=O)cc(-c5ccc(O)c(O)c5)oc4c32)ccc1O. The van der Waals surface area contributed by atoms with Gasteiger partial charge in [0, 0.05) is 29.2 Å². The second kappa shape index (κ2) is 7.73. The fourth-order valence-electron chi connectivity index (χ4n) is 4.17. The second-order valence-corrected chi connectivity index (χ2v) is 7.85. The molecule has 0 radical (unpaired) electrons. The van der Waals surface area contributed by atoms with Crippen LogP contribution in [0.3, 0.4) is 0 Å². The maximum absolute atomic E-state index is 13.0. The number of methoxy groups -OCH3 is 1. The molecule has 2 heterocycles. The lowest BCUT2D eigenvalue weighted by Gasteiger charge is -2.26. The molecule has 34 heavy (non-hydrogen) atoms. The Morgan fingerprint density at radius 1 is 0.882 bits per heavy atom. The van der Waals surface area contributed by atoms with E-state index in [0.717, 1.165) is 6.07 Å². The molecule has 1 aliphatic heterocycles. The highest BCUT2D eigenvalue weighted by Gasteiger charge is 2.34. The molecule has 1 atom stereocenters. The number of fused-ring (bicyclic) bond motifs is 3. The van der Waals surface area contributed by atoms with Gasteiger partial charge in [0.1, 0.15) is 28.2 Å². The molecule has 1 unspecified atom stereocenters. The third kappa shape index (κ3) is 3.34. The Kier molecular flexibility index (Phi) is 4.82. The molecule has 0 bridgehead atoms. The standard InChI is InChI=1S/C25H18O9/c1-32-20-7-11(2-5-15(20)27)13-8-22(31)33-21-10-18(30)24-17(29)9-19(34-25(24)23(13)21)12-3-4-14(26)16(28)6-12/h2-7,9-10,13,26-28,30H,8H2,1H3. The molecule has 5 rings (SSSR count). The first-order chi connectivity index (χ1) is 16.3. The van der Waals surface area contributed by atoms with E-state index in [1.807, 2.05) is 0 Å². The molecule has 172 valence electrons. The van der Waals surface area contributed by atoms with Crippen LogP contribution in [-0.2, 0) is 4.79 Å². The highest BCUT2D eigenvalue weighted by molar-refractivity contribution is 5.93. The molecule has 0 aliphatic carbocycles. The number of aromatic hydroxyl groups is 4. The Balaban J connectivity index is 1.81. The van der Waals surface area contributed by atoms with Gasteiger partial charge in [-0.1, -0.05) is 6.07 Å². The minimum absolute atomic E-state index is 0.00890. The van der Waals surface area contributed by atoms with Gasteiger partial charge in [0.05, 0.1) is 13.5 Å².